The molecule has 0 aliphatic carbocycles. The van der Waals surface area contributed by atoms with E-state index < -0.39 is 53.0 Å². The first-order chi connectivity index (χ1) is 16.5. The van der Waals surface area contributed by atoms with Gasteiger partial charge < -0.3 is 31.0 Å². The Morgan fingerprint density at radius 1 is 1.26 bits per heavy atom. The van der Waals surface area contributed by atoms with Crippen LogP contribution < -0.4 is 21.3 Å². The number of anilines is 1. The highest BCUT2D eigenvalue weighted by Crippen LogP contribution is 2.34. The third-order valence-corrected chi connectivity index (χ3v) is 5.91. The van der Waals surface area contributed by atoms with Gasteiger partial charge in [-0.1, -0.05) is 17.9 Å². The third-order valence-electron chi connectivity index (χ3n) is 5.34. The van der Waals surface area contributed by atoms with Crippen molar-refractivity contribution in [2.45, 2.75) is 24.5 Å². The van der Waals surface area contributed by atoms with Crippen molar-refractivity contribution in [3.8, 4) is 11.8 Å². The summed E-state index contributed by atoms with van der Waals surface area (Å²) < 4.78 is 45.7. The predicted molar refractivity (Wildman–Crippen MR) is 120 cm³/mol. The Balaban J connectivity index is 1.77. The van der Waals surface area contributed by atoms with E-state index >= 15 is 0 Å². The molecule has 1 aromatic carbocycles. The molecule has 1 aliphatic rings. The first kappa shape index (κ1) is 24.5. The van der Waals surface area contributed by atoms with Gasteiger partial charge in [-0.2, -0.15) is 13.1 Å². The molecule has 15 heteroatoms. The van der Waals surface area contributed by atoms with Crippen LogP contribution in [0.25, 0.3) is 11.0 Å². The van der Waals surface area contributed by atoms with Gasteiger partial charge in [-0.15, -0.1) is 0 Å². The number of benzene rings is 1. The van der Waals surface area contributed by atoms with Gasteiger partial charge >= 0.3 is 0 Å². The largest absolute Gasteiger partial charge is 0.387 e. The van der Waals surface area contributed by atoms with E-state index in [-0.39, 0.29) is 33.5 Å². The number of nitrogen functional groups attached to an aromatic ring is 1. The van der Waals surface area contributed by atoms with Crippen molar-refractivity contribution >= 4 is 33.0 Å². The summed E-state index contributed by atoms with van der Waals surface area (Å²) in [5, 5.41) is 26.1. The van der Waals surface area contributed by atoms with Crippen molar-refractivity contribution in [1.29, 1.82) is 0 Å². The van der Waals surface area contributed by atoms with Crippen LogP contribution in [0.1, 0.15) is 27.7 Å². The molecular weight excluding hydrogens is 485 g/mol. The topological polar surface area (TPSA) is 222 Å². The fourth-order valence-corrected chi connectivity index (χ4v) is 4.11. The molecule has 13 nitrogen and oxygen atoms in total. The van der Waals surface area contributed by atoms with Gasteiger partial charge in [0.15, 0.2) is 6.23 Å². The zero-order chi connectivity index (χ0) is 25.5. The number of aliphatic hydroxyl groups excluding tert-OH is 2. The van der Waals surface area contributed by atoms with Crippen LogP contribution in [0.15, 0.2) is 30.7 Å². The summed E-state index contributed by atoms with van der Waals surface area (Å²) in [6, 6.07) is 3.77. The summed E-state index contributed by atoms with van der Waals surface area (Å²) >= 11 is 0. The molecule has 184 valence electrons. The molecule has 35 heavy (non-hydrogen) atoms. The Bertz CT molecular complexity index is 1480. The Morgan fingerprint density at radius 2 is 2.00 bits per heavy atom. The van der Waals surface area contributed by atoms with Crippen molar-refractivity contribution in [2.24, 2.45) is 10.9 Å². The summed E-state index contributed by atoms with van der Waals surface area (Å²) in [6.07, 6.45) is -2.79. The number of carbonyl (C=O) groups excluding carboxylic acids is 1. The van der Waals surface area contributed by atoms with Crippen LogP contribution in [0.3, 0.4) is 0 Å². The number of halogens is 1. The average molecular weight is 505 g/mol. The Kier molecular flexibility index (Phi) is 6.42. The third kappa shape index (κ3) is 4.79. The van der Waals surface area contributed by atoms with Gasteiger partial charge in [-0.05, 0) is 12.1 Å². The van der Waals surface area contributed by atoms with Crippen molar-refractivity contribution in [3.05, 3.63) is 53.2 Å². The van der Waals surface area contributed by atoms with Crippen LogP contribution in [0.5, 0.6) is 0 Å². The highest BCUT2D eigenvalue weighted by Gasteiger charge is 2.44. The number of amides is 1. The molecular formula is C20H20FN7O6S. The van der Waals surface area contributed by atoms with Crippen LogP contribution in [-0.4, -0.2) is 63.9 Å². The number of primary amides is 1. The molecule has 3 heterocycles. The first-order valence-electron chi connectivity index (χ1n) is 9.98. The number of fused-ring (bicyclic) bond motifs is 1. The lowest BCUT2D eigenvalue weighted by Crippen LogP contribution is -2.42. The highest BCUT2D eigenvalue weighted by atomic mass is 32.2. The average Bonchev–Trinajstić information content (AvgIpc) is 3.29. The Hall–Kier alpha value is -3.65. The minimum Gasteiger partial charge on any atom is -0.387 e. The summed E-state index contributed by atoms with van der Waals surface area (Å²) in [4.78, 5) is 19.7. The molecule has 1 saturated heterocycles. The van der Waals surface area contributed by atoms with Crippen molar-refractivity contribution in [2.75, 3.05) is 12.3 Å². The van der Waals surface area contributed by atoms with Crippen LogP contribution in [0.4, 0.5) is 10.2 Å². The summed E-state index contributed by atoms with van der Waals surface area (Å²) in [6.45, 7) is -0.403. The van der Waals surface area contributed by atoms with Crippen molar-refractivity contribution < 1.29 is 32.6 Å². The number of nitrogens with one attached hydrogen (secondary N) is 1. The summed E-state index contributed by atoms with van der Waals surface area (Å²) in [5.74, 6) is 3.69. The maximum absolute atomic E-state index is 14.3. The van der Waals surface area contributed by atoms with Crippen LogP contribution >= 0.6 is 0 Å². The minimum absolute atomic E-state index is 0.0159. The van der Waals surface area contributed by atoms with E-state index in [1.807, 2.05) is 4.72 Å². The van der Waals surface area contributed by atoms with Gasteiger partial charge in [-0.25, -0.2) is 19.5 Å². The molecule has 1 amide bonds. The van der Waals surface area contributed by atoms with Crippen LogP contribution in [0, 0.1) is 17.7 Å². The monoisotopic (exact) mass is 505 g/mol. The second kappa shape index (κ2) is 9.19. The Morgan fingerprint density at radius 3 is 2.69 bits per heavy atom. The number of carbonyl (C=O) groups is 1. The molecule has 9 N–H and O–H groups in total. The minimum atomic E-state index is -4.07. The first-order valence-corrected chi connectivity index (χ1v) is 11.5. The second-order valence-corrected chi connectivity index (χ2v) is 9.00. The molecule has 0 unspecified atom stereocenters. The van der Waals surface area contributed by atoms with E-state index in [0.29, 0.717) is 0 Å². The number of nitrogens with zero attached hydrogens (tertiary/aromatic N) is 3. The molecule has 3 aromatic rings. The molecule has 4 rings (SSSR count). The van der Waals surface area contributed by atoms with E-state index in [2.05, 4.69) is 21.8 Å². The molecule has 0 saturated carbocycles. The van der Waals surface area contributed by atoms with Crippen LogP contribution in [-0.2, 0) is 14.9 Å². The number of ether oxygens (including phenoxy) is 1. The smallest absolute Gasteiger partial charge is 0.274 e. The summed E-state index contributed by atoms with van der Waals surface area (Å²) in [7, 11) is -4.07. The Labute approximate surface area is 197 Å². The molecule has 0 spiro atoms. The van der Waals surface area contributed by atoms with Gasteiger partial charge in [0.25, 0.3) is 10.2 Å². The fraction of sp³-hybridized carbons (Fsp3) is 0.250. The van der Waals surface area contributed by atoms with Gasteiger partial charge in [-0.3, -0.25) is 4.79 Å². The molecule has 1 fully saturated rings. The molecule has 2 aromatic heterocycles. The van der Waals surface area contributed by atoms with Gasteiger partial charge in [0, 0.05) is 12.7 Å². The number of hydrogen-bond acceptors (Lipinski definition) is 9. The SMILES string of the molecule is NC(=O)c1cccc(F)c1C#Cc1cn([C@@H]2O[C@H](CNS(N)(=O)=O)[C@@H](O)[C@H]2O)c2ncnc(N)c12. The maximum Gasteiger partial charge on any atom is 0.274 e. The number of aliphatic hydroxyl groups is 2. The van der Waals surface area contributed by atoms with E-state index in [9.17, 15) is 27.8 Å². The lowest BCUT2D eigenvalue weighted by atomic mass is 10.1. The van der Waals surface area contributed by atoms with Gasteiger partial charge in [0.1, 0.15) is 41.9 Å². The fourth-order valence-electron chi connectivity index (χ4n) is 3.71. The second-order valence-electron chi connectivity index (χ2n) is 7.62. The zero-order valence-electron chi connectivity index (χ0n) is 17.8. The van der Waals surface area contributed by atoms with E-state index in [1.165, 1.54) is 22.9 Å². The summed E-state index contributed by atoms with van der Waals surface area (Å²) in [5.41, 5.74) is 11.3. The standard InChI is InChI=1S/C20H20FN7O6S/c21-12-3-1-2-11(18(23)31)10(12)5-4-9-7-28(19-14(9)17(22)25-8-26-19)20-16(30)15(29)13(34-20)6-27-35(24,32)33/h1-3,7-8,13,15-16,20,27,29-30H,6H2,(H2,23,31)(H2,22,25,26)(H2,24,32,33)/t13-,15-,16-,20-/m1/s1. The highest BCUT2D eigenvalue weighted by molar-refractivity contribution is 7.87. The van der Waals surface area contributed by atoms with Gasteiger partial charge in [0.2, 0.25) is 5.91 Å². The number of hydrogen-bond donors (Lipinski definition) is 6. The van der Waals surface area contributed by atoms with E-state index in [1.54, 1.807) is 0 Å². The molecule has 0 radical (unpaired) electrons. The predicted octanol–water partition coefficient (Wildman–Crippen LogP) is -1.94. The number of rotatable bonds is 5. The number of aromatic nitrogens is 3. The molecule has 1 aliphatic heterocycles. The van der Waals surface area contributed by atoms with Crippen LogP contribution in [0.2, 0.25) is 0 Å². The molecule has 0 bridgehead atoms. The maximum atomic E-state index is 14.3. The normalized spacial score (nSPS) is 22.2. The van der Waals surface area contributed by atoms with E-state index in [0.717, 1.165) is 12.4 Å². The zero-order valence-corrected chi connectivity index (χ0v) is 18.6. The number of nitrogens with two attached hydrogens (primary N) is 3. The van der Waals surface area contributed by atoms with Crippen molar-refractivity contribution in [3.63, 3.8) is 0 Å². The lowest BCUT2D eigenvalue weighted by Gasteiger charge is -2.17. The van der Waals surface area contributed by atoms with Gasteiger partial charge in [0.05, 0.1) is 22.1 Å². The lowest BCUT2D eigenvalue weighted by molar-refractivity contribution is -0.0327. The van der Waals surface area contributed by atoms with E-state index in [4.69, 9.17) is 21.3 Å². The quantitative estimate of drug-likeness (QED) is 0.212. The van der Waals surface area contributed by atoms with Crippen molar-refractivity contribution in [1.82, 2.24) is 19.3 Å². The molecule has 4 atom stereocenters.